The molecule has 0 unspecified atom stereocenters. The van der Waals surface area contributed by atoms with E-state index in [2.05, 4.69) is 12.1 Å². The Bertz CT molecular complexity index is 1110. The Morgan fingerprint density at radius 3 is 2.30 bits per heavy atom. The van der Waals surface area contributed by atoms with Crippen LogP contribution in [-0.4, -0.2) is 17.4 Å². The molecule has 3 aromatic rings. The van der Waals surface area contributed by atoms with Gasteiger partial charge in [0.2, 0.25) is 0 Å². The fourth-order valence-corrected chi connectivity index (χ4v) is 4.30. The predicted octanol–water partition coefficient (Wildman–Crippen LogP) is 7.51. The molecule has 0 heterocycles. The van der Waals surface area contributed by atoms with Crippen molar-refractivity contribution in [3.63, 3.8) is 0 Å². The summed E-state index contributed by atoms with van der Waals surface area (Å²) in [6.07, 6.45) is -0.394. The summed E-state index contributed by atoms with van der Waals surface area (Å²) in [5.41, 5.74) is 2.52. The third-order valence-corrected chi connectivity index (χ3v) is 6.58. The van der Waals surface area contributed by atoms with Gasteiger partial charge in [-0.3, -0.25) is 4.79 Å². The van der Waals surface area contributed by atoms with Gasteiger partial charge in [0.25, 0.3) is 5.91 Å². The largest absolute Gasteiger partial charge is 0.416 e. The molecular formula is C27H25ClF3NO. The van der Waals surface area contributed by atoms with E-state index in [4.69, 9.17) is 11.6 Å². The highest BCUT2D eigenvalue weighted by Crippen LogP contribution is 2.36. The summed E-state index contributed by atoms with van der Waals surface area (Å²) in [4.78, 5) is 15.0. The monoisotopic (exact) mass is 471 g/mol. The molecule has 0 bridgehead atoms. The zero-order valence-electron chi connectivity index (χ0n) is 18.1. The van der Waals surface area contributed by atoms with E-state index in [1.807, 2.05) is 12.1 Å². The molecule has 0 aliphatic heterocycles. The summed E-state index contributed by atoms with van der Waals surface area (Å²) in [6, 6.07) is 20.4. The molecular weight excluding hydrogens is 447 g/mol. The number of nitrogens with zero attached hydrogens (tertiary/aromatic N) is 1. The minimum atomic E-state index is -4.40. The van der Waals surface area contributed by atoms with Crippen LogP contribution in [0.15, 0.2) is 72.8 Å². The van der Waals surface area contributed by atoms with Gasteiger partial charge >= 0.3 is 6.18 Å². The number of hydrogen-bond donors (Lipinski definition) is 0. The van der Waals surface area contributed by atoms with Gasteiger partial charge in [-0.25, -0.2) is 0 Å². The molecule has 0 radical (unpaired) electrons. The average Bonchev–Trinajstić information content (AvgIpc) is 2.76. The van der Waals surface area contributed by atoms with Crippen molar-refractivity contribution in [2.24, 2.45) is 0 Å². The first kappa shape index (κ1) is 23.4. The number of amides is 1. The van der Waals surface area contributed by atoms with Gasteiger partial charge < -0.3 is 4.90 Å². The standard InChI is InChI=1S/C27H25ClF3NO/c28-25-10-2-1-9-24(25)26(33)32(16-15-19-5-3-8-23(17-19)27(29,30)31)18-20-11-13-22(14-12-20)21-6-4-7-21/h1-3,5,8-14,17,21H,4,6-7,15-16,18H2. The molecule has 0 saturated heterocycles. The number of carbonyl (C=O) groups is 1. The van der Waals surface area contributed by atoms with E-state index in [9.17, 15) is 18.0 Å². The van der Waals surface area contributed by atoms with E-state index in [1.165, 1.54) is 30.9 Å². The van der Waals surface area contributed by atoms with Gasteiger partial charge in [-0.1, -0.05) is 72.6 Å². The number of carbonyl (C=O) groups excluding carboxylic acids is 1. The van der Waals surface area contributed by atoms with Crippen LogP contribution in [-0.2, 0) is 19.1 Å². The molecule has 33 heavy (non-hydrogen) atoms. The van der Waals surface area contributed by atoms with E-state index in [-0.39, 0.29) is 12.5 Å². The van der Waals surface area contributed by atoms with E-state index in [0.29, 0.717) is 35.0 Å². The molecule has 6 heteroatoms. The molecule has 1 amide bonds. The molecule has 1 fully saturated rings. The van der Waals surface area contributed by atoms with Crippen LogP contribution in [0.4, 0.5) is 13.2 Å². The molecule has 0 aromatic heterocycles. The molecule has 2 nitrogen and oxygen atoms in total. The Kier molecular flexibility index (Phi) is 7.08. The van der Waals surface area contributed by atoms with E-state index in [0.717, 1.165) is 17.7 Å². The zero-order chi connectivity index (χ0) is 23.4. The summed E-state index contributed by atoms with van der Waals surface area (Å²) in [7, 11) is 0. The lowest BCUT2D eigenvalue weighted by atomic mass is 9.80. The predicted molar refractivity (Wildman–Crippen MR) is 124 cm³/mol. The van der Waals surface area contributed by atoms with Crippen LogP contribution in [0.3, 0.4) is 0 Å². The van der Waals surface area contributed by atoms with E-state index in [1.54, 1.807) is 35.2 Å². The van der Waals surface area contributed by atoms with E-state index >= 15 is 0 Å². The van der Waals surface area contributed by atoms with Gasteiger partial charge in [0.1, 0.15) is 0 Å². The first-order valence-electron chi connectivity index (χ1n) is 11.1. The Hall–Kier alpha value is -2.79. The maximum absolute atomic E-state index is 13.3. The van der Waals surface area contributed by atoms with Gasteiger partial charge in [0.15, 0.2) is 0 Å². The summed E-state index contributed by atoms with van der Waals surface area (Å²) in [6.45, 7) is 0.629. The van der Waals surface area contributed by atoms with Crippen LogP contribution < -0.4 is 0 Å². The molecule has 0 atom stereocenters. The molecule has 1 saturated carbocycles. The van der Waals surface area contributed by atoms with Crippen molar-refractivity contribution in [3.05, 3.63) is 106 Å². The highest BCUT2D eigenvalue weighted by atomic mass is 35.5. The van der Waals surface area contributed by atoms with Crippen LogP contribution in [0.25, 0.3) is 0 Å². The van der Waals surface area contributed by atoms with Crippen molar-refractivity contribution in [2.75, 3.05) is 6.54 Å². The number of rotatable bonds is 7. The lowest BCUT2D eigenvalue weighted by molar-refractivity contribution is -0.137. The van der Waals surface area contributed by atoms with Crippen LogP contribution in [0.2, 0.25) is 5.02 Å². The molecule has 1 aliphatic rings. The first-order chi connectivity index (χ1) is 15.8. The van der Waals surface area contributed by atoms with Crippen molar-refractivity contribution in [2.45, 2.75) is 44.3 Å². The summed E-state index contributed by atoms with van der Waals surface area (Å²) < 4.78 is 39.3. The van der Waals surface area contributed by atoms with Crippen LogP contribution in [0.1, 0.15) is 57.8 Å². The van der Waals surface area contributed by atoms with Gasteiger partial charge in [0.05, 0.1) is 16.1 Å². The van der Waals surface area contributed by atoms with Crippen LogP contribution in [0, 0.1) is 0 Å². The van der Waals surface area contributed by atoms with Gasteiger partial charge in [-0.2, -0.15) is 13.2 Å². The first-order valence-corrected chi connectivity index (χ1v) is 11.5. The van der Waals surface area contributed by atoms with Crippen molar-refractivity contribution >= 4 is 17.5 Å². The van der Waals surface area contributed by atoms with Crippen molar-refractivity contribution in [1.29, 1.82) is 0 Å². The fourth-order valence-electron chi connectivity index (χ4n) is 4.08. The quantitative estimate of drug-likeness (QED) is 0.349. The molecule has 4 rings (SSSR count). The lowest BCUT2D eigenvalue weighted by Crippen LogP contribution is -2.32. The lowest BCUT2D eigenvalue weighted by Gasteiger charge is -2.27. The van der Waals surface area contributed by atoms with E-state index < -0.39 is 11.7 Å². The second kappa shape index (κ2) is 10.0. The van der Waals surface area contributed by atoms with Crippen molar-refractivity contribution in [1.82, 2.24) is 4.90 Å². The van der Waals surface area contributed by atoms with Gasteiger partial charge in [-0.15, -0.1) is 0 Å². The van der Waals surface area contributed by atoms with Gasteiger partial charge in [0, 0.05) is 13.1 Å². The summed E-state index contributed by atoms with van der Waals surface area (Å²) >= 11 is 6.26. The number of alkyl halides is 3. The number of hydrogen-bond acceptors (Lipinski definition) is 1. The Balaban J connectivity index is 1.53. The molecule has 0 N–H and O–H groups in total. The van der Waals surface area contributed by atoms with Crippen molar-refractivity contribution < 1.29 is 18.0 Å². The fraction of sp³-hybridized carbons (Fsp3) is 0.296. The normalized spacial score (nSPS) is 14.1. The minimum absolute atomic E-state index is 0.240. The molecule has 3 aromatic carbocycles. The Morgan fingerprint density at radius 2 is 1.67 bits per heavy atom. The topological polar surface area (TPSA) is 20.3 Å². The molecule has 0 spiro atoms. The average molecular weight is 472 g/mol. The van der Waals surface area contributed by atoms with Gasteiger partial charge in [-0.05, 0) is 60.1 Å². The van der Waals surface area contributed by atoms with Crippen LogP contribution in [0.5, 0.6) is 0 Å². The number of benzene rings is 3. The van der Waals surface area contributed by atoms with Crippen molar-refractivity contribution in [3.8, 4) is 0 Å². The summed E-state index contributed by atoms with van der Waals surface area (Å²) in [5, 5.41) is 0.354. The smallest absolute Gasteiger partial charge is 0.334 e. The Labute approximate surface area is 197 Å². The maximum Gasteiger partial charge on any atom is 0.416 e. The second-order valence-corrected chi connectivity index (χ2v) is 8.93. The summed E-state index contributed by atoms with van der Waals surface area (Å²) in [5.74, 6) is 0.386. The minimum Gasteiger partial charge on any atom is -0.334 e. The second-order valence-electron chi connectivity index (χ2n) is 8.52. The molecule has 172 valence electrons. The highest BCUT2D eigenvalue weighted by molar-refractivity contribution is 6.33. The third kappa shape index (κ3) is 5.77. The SMILES string of the molecule is O=C(c1ccccc1Cl)N(CCc1cccc(C(F)(F)F)c1)Cc1ccc(C2CCC2)cc1. The Morgan fingerprint density at radius 1 is 0.939 bits per heavy atom. The van der Waals surface area contributed by atoms with Crippen LogP contribution >= 0.6 is 11.6 Å². The zero-order valence-corrected chi connectivity index (χ0v) is 18.9. The maximum atomic E-state index is 13.3. The number of halogens is 4. The molecule has 1 aliphatic carbocycles. The third-order valence-electron chi connectivity index (χ3n) is 6.25. The highest BCUT2D eigenvalue weighted by Gasteiger charge is 2.30.